The van der Waals surface area contributed by atoms with E-state index >= 15 is 0 Å². The topological polar surface area (TPSA) is 108 Å². The van der Waals surface area contributed by atoms with Crippen molar-refractivity contribution in [1.82, 2.24) is 20.4 Å². The predicted molar refractivity (Wildman–Crippen MR) is 123 cm³/mol. The van der Waals surface area contributed by atoms with Crippen LogP contribution in [0.5, 0.6) is 5.75 Å². The van der Waals surface area contributed by atoms with Crippen molar-refractivity contribution < 1.29 is 23.9 Å². The molecule has 4 heterocycles. The summed E-state index contributed by atoms with van der Waals surface area (Å²) in [5, 5.41) is 5.65. The van der Waals surface area contributed by atoms with Gasteiger partial charge in [0.05, 0.1) is 17.7 Å². The summed E-state index contributed by atoms with van der Waals surface area (Å²) in [6.07, 6.45) is 4.85. The van der Waals surface area contributed by atoms with Gasteiger partial charge in [-0.3, -0.25) is 29.4 Å². The number of hydrogen-bond acceptors (Lipinski definition) is 7. The SMILES string of the molecule is O=C1CCC(N2C(=O)c3cccc(OCC4CCN(CC5CCNCC5)CC4)c3C2=O)C(=O)N1. The molecular formula is C25H32N4O5. The van der Waals surface area contributed by atoms with Crippen molar-refractivity contribution in [3.05, 3.63) is 29.3 Å². The Bertz CT molecular complexity index is 982. The van der Waals surface area contributed by atoms with Gasteiger partial charge in [-0.2, -0.15) is 0 Å². The molecule has 4 aliphatic heterocycles. The molecule has 34 heavy (non-hydrogen) atoms. The van der Waals surface area contributed by atoms with Crippen LogP contribution in [0.1, 0.15) is 59.2 Å². The summed E-state index contributed by atoms with van der Waals surface area (Å²) in [6.45, 7) is 6.04. The number of nitrogens with zero attached hydrogens (tertiary/aromatic N) is 2. The molecule has 182 valence electrons. The van der Waals surface area contributed by atoms with Crippen molar-refractivity contribution in [2.45, 2.75) is 44.6 Å². The minimum Gasteiger partial charge on any atom is -0.492 e. The van der Waals surface area contributed by atoms with E-state index in [1.54, 1.807) is 18.2 Å². The number of ether oxygens (including phenoxy) is 1. The fourth-order valence-corrected chi connectivity index (χ4v) is 5.58. The van der Waals surface area contributed by atoms with E-state index in [-0.39, 0.29) is 29.9 Å². The fourth-order valence-electron chi connectivity index (χ4n) is 5.58. The van der Waals surface area contributed by atoms with Crippen LogP contribution in [-0.2, 0) is 9.59 Å². The fraction of sp³-hybridized carbons (Fsp3) is 0.600. The summed E-state index contributed by atoms with van der Waals surface area (Å²) in [5.41, 5.74) is 0.476. The van der Waals surface area contributed by atoms with Crippen LogP contribution >= 0.6 is 0 Å². The molecule has 1 aromatic carbocycles. The highest BCUT2D eigenvalue weighted by Gasteiger charge is 2.46. The minimum absolute atomic E-state index is 0.101. The van der Waals surface area contributed by atoms with Gasteiger partial charge in [0.1, 0.15) is 11.8 Å². The third-order valence-electron chi connectivity index (χ3n) is 7.59. The highest BCUT2D eigenvalue weighted by Crippen LogP contribution is 2.34. The van der Waals surface area contributed by atoms with Crippen molar-refractivity contribution >= 4 is 23.6 Å². The van der Waals surface area contributed by atoms with E-state index in [2.05, 4.69) is 15.5 Å². The molecule has 1 unspecified atom stereocenters. The Morgan fingerprint density at radius 2 is 1.68 bits per heavy atom. The molecule has 0 saturated carbocycles. The van der Waals surface area contributed by atoms with Crippen LogP contribution in [0.3, 0.4) is 0 Å². The van der Waals surface area contributed by atoms with Crippen LogP contribution in [-0.4, -0.2) is 78.8 Å². The molecule has 2 N–H and O–H groups in total. The summed E-state index contributed by atoms with van der Waals surface area (Å²) in [7, 11) is 0. The molecule has 3 fully saturated rings. The predicted octanol–water partition coefficient (Wildman–Crippen LogP) is 1.18. The summed E-state index contributed by atoms with van der Waals surface area (Å²) in [6, 6.07) is 4.04. The zero-order valence-electron chi connectivity index (χ0n) is 19.4. The van der Waals surface area contributed by atoms with Gasteiger partial charge < -0.3 is 15.0 Å². The van der Waals surface area contributed by atoms with E-state index in [1.807, 2.05) is 0 Å². The summed E-state index contributed by atoms with van der Waals surface area (Å²) in [4.78, 5) is 53.5. The van der Waals surface area contributed by atoms with Gasteiger partial charge in [0, 0.05) is 13.0 Å². The molecule has 1 atom stereocenters. The summed E-state index contributed by atoms with van der Waals surface area (Å²) < 4.78 is 6.09. The quantitative estimate of drug-likeness (QED) is 0.604. The standard InChI is InChI=1S/C25H32N4O5/c30-21-5-4-19(23(31)27-21)29-24(32)18-2-1-3-20(22(18)25(29)33)34-15-17-8-12-28(13-9-17)14-16-6-10-26-11-7-16/h1-3,16-17,19,26H,4-15H2,(H,27,30,31). The largest absolute Gasteiger partial charge is 0.492 e. The van der Waals surface area contributed by atoms with Gasteiger partial charge in [0.15, 0.2) is 0 Å². The average molecular weight is 469 g/mol. The molecule has 4 aliphatic rings. The zero-order valence-corrected chi connectivity index (χ0v) is 19.4. The lowest BCUT2D eigenvalue weighted by molar-refractivity contribution is -0.136. The number of benzene rings is 1. The van der Waals surface area contributed by atoms with Crippen molar-refractivity contribution in [2.75, 3.05) is 39.3 Å². The molecule has 0 spiro atoms. The first kappa shape index (κ1) is 23.0. The Kier molecular flexibility index (Phi) is 6.65. The lowest BCUT2D eigenvalue weighted by atomic mass is 9.94. The maximum Gasteiger partial charge on any atom is 0.266 e. The number of carbonyl (C=O) groups is 4. The van der Waals surface area contributed by atoms with Gasteiger partial charge in [-0.05, 0) is 82.3 Å². The highest BCUT2D eigenvalue weighted by molar-refractivity contribution is 6.24. The molecule has 1 aromatic rings. The number of amides is 4. The van der Waals surface area contributed by atoms with E-state index in [9.17, 15) is 19.2 Å². The second kappa shape index (κ2) is 9.84. The third-order valence-corrected chi connectivity index (χ3v) is 7.59. The summed E-state index contributed by atoms with van der Waals surface area (Å²) in [5.74, 6) is -0.445. The van der Waals surface area contributed by atoms with Gasteiger partial charge in [-0.1, -0.05) is 6.07 Å². The first-order valence-corrected chi connectivity index (χ1v) is 12.4. The van der Waals surface area contributed by atoms with E-state index in [4.69, 9.17) is 4.74 Å². The number of fused-ring (bicyclic) bond motifs is 1. The van der Waals surface area contributed by atoms with E-state index in [0.29, 0.717) is 18.3 Å². The maximum absolute atomic E-state index is 13.2. The van der Waals surface area contributed by atoms with E-state index < -0.39 is 23.8 Å². The maximum atomic E-state index is 13.2. The number of hydrogen-bond donors (Lipinski definition) is 2. The molecule has 5 rings (SSSR count). The zero-order chi connectivity index (χ0) is 23.7. The molecule has 3 saturated heterocycles. The van der Waals surface area contributed by atoms with Crippen LogP contribution in [0.25, 0.3) is 0 Å². The number of nitrogens with one attached hydrogen (secondary N) is 2. The molecule has 4 amide bonds. The number of carbonyl (C=O) groups excluding carboxylic acids is 4. The van der Waals surface area contributed by atoms with Gasteiger partial charge in [-0.25, -0.2) is 0 Å². The average Bonchev–Trinajstić information content (AvgIpc) is 3.10. The normalized spacial score (nSPS) is 24.9. The molecule has 0 radical (unpaired) electrons. The van der Waals surface area contributed by atoms with Crippen molar-refractivity contribution in [3.8, 4) is 5.75 Å². The molecule has 0 aliphatic carbocycles. The van der Waals surface area contributed by atoms with Crippen LogP contribution in [0.2, 0.25) is 0 Å². The van der Waals surface area contributed by atoms with E-state index in [0.717, 1.165) is 49.8 Å². The first-order chi connectivity index (χ1) is 16.5. The van der Waals surface area contributed by atoms with Crippen molar-refractivity contribution in [2.24, 2.45) is 11.8 Å². The monoisotopic (exact) mass is 468 g/mol. The van der Waals surface area contributed by atoms with Gasteiger partial charge in [0.2, 0.25) is 11.8 Å². The lowest BCUT2D eigenvalue weighted by Crippen LogP contribution is -2.54. The Morgan fingerprint density at radius 1 is 0.912 bits per heavy atom. The number of likely N-dealkylation sites (tertiary alicyclic amines) is 1. The Hall–Kier alpha value is -2.78. The van der Waals surface area contributed by atoms with Crippen LogP contribution in [0, 0.1) is 11.8 Å². The first-order valence-electron chi connectivity index (χ1n) is 12.4. The molecule has 9 nitrogen and oxygen atoms in total. The smallest absolute Gasteiger partial charge is 0.266 e. The minimum atomic E-state index is -0.970. The number of rotatable bonds is 6. The van der Waals surface area contributed by atoms with E-state index in [1.165, 1.54) is 19.4 Å². The lowest BCUT2D eigenvalue weighted by Gasteiger charge is -2.35. The Labute approximate surface area is 199 Å². The summed E-state index contributed by atoms with van der Waals surface area (Å²) >= 11 is 0. The highest BCUT2D eigenvalue weighted by atomic mass is 16.5. The molecule has 9 heteroatoms. The molecular weight excluding hydrogens is 436 g/mol. The molecule has 0 bridgehead atoms. The second-order valence-electron chi connectivity index (χ2n) is 9.87. The Morgan fingerprint density at radius 3 is 2.41 bits per heavy atom. The van der Waals surface area contributed by atoms with Crippen LogP contribution in [0.15, 0.2) is 18.2 Å². The van der Waals surface area contributed by atoms with Crippen LogP contribution < -0.4 is 15.4 Å². The van der Waals surface area contributed by atoms with Gasteiger partial charge >= 0.3 is 0 Å². The third kappa shape index (κ3) is 4.59. The van der Waals surface area contributed by atoms with Gasteiger partial charge in [0.25, 0.3) is 11.8 Å². The van der Waals surface area contributed by atoms with Crippen molar-refractivity contribution in [1.29, 1.82) is 0 Å². The van der Waals surface area contributed by atoms with Crippen molar-refractivity contribution in [3.63, 3.8) is 0 Å². The van der Waals surface area contributed by atoms with Gasteiger partial charge in [-0.15, -0.1) is 0 Å². The number of piperidine rings is 3. The Balaban J connectivity index is 1.19. The number of imide groups is 2. The molecule has 0 aromatic heterocycles. The van der Waals surface area contributed by atoms with Crippen LogP contribution in [0.4, 0.5) is 0 Å². The second-order valence-corrected chi connectivity index (χ2v) is 9.87.